The summed E-state index contributed by atoms with van der Waals surface area (Å²) in [6.07, 6.45) is 1.54. The summed E-state index contributed by atoms with van der Waals surface area (Å²) in [6, 6.07) is 5.00. The van der Waals surface area contributed by atoms with E-state index < -0.39 is 0 Å². The van der Waals surface area contributed by atoms with Crippen molar-refractivity contribution in [1.29, 1.82) is 0 Å². The highest BCUT2D eigenvalue weighted by Gasteiger charge is 2.04. The predicted octanol–water partition coefficient (Wildman–Crippen LogP) is 3.82. The van der Waals surface area contributed by atoms with Crippen LogP contribution in [0.4, 0.5) is 5.00 Å². The van der Waals surface area contributed by atoms with Crippen LogP contribution in [0.5, 0.6) is 10.9 Å². The number of nitrogens with zero attached hydrogens (tertiary/aromatic N) is 1. The Morgan fingerprint density at radius 3 is 2.67 bits per heavy atom. The molecule has 6 heteroatoms. The number of benzene rings is 1. The monoisotopic (exact) mass is 260 g/mol. The molecule has 0 radical (unpaired) electrons. The largest absolute Gasteiger partial charge is 0.431 e. The van der Waals surface area contributed by atoms with Gasteiger partial charge in [-0.1, -0.05) is 34.5 Å². The molecule has 0 saturated carbocycles. The molecule has 0 aliphatic heterocycles. The Morgan fingerprint density at radius 1 is 1.27 bits per heavy atom. The number of nitrogen functional groups attached to an aromatic ring is 1. The second-order valence-corrected chi connectivity index (χ2v) is 4.55. The Balaban J connectivity index is 2.21. The molecular formula is C9H6Cl2N2OS. The van der Waals surface area contributed by atoms with Gasteiger partial charge in [0.2, 0.25) is 0 Å². The van der Waals surface area contributed by atoms with E-state index in [9.17, 15) is 0 Å². The summed E-state index contributed by atoms with van der Waals surface area (Å²) in [4.78, 5) is 3.96. The van der Waals surface area contributed by atoms with Gasteiger partial charge < -0.3 is 10.5 Å². The quantitative estimate of drug-likeness (QED) is 0.893. The van der Waals surface area contributed by atoms with E-state index in [1.165, 1.54) is 17.5 Å². The summed E-state index contributed by atoms with van der Waals surface area (Å²) < 4.78 is 5.42. The van der Waals surface area contributed by atoms with Crippen molar-refractivity contribution >= 4 is 39.5 Å². The van der Waals surface area contributed by atoms with E-state index in [0.717, 1.165) is 0 Å². The maximum absolute atomic E-state index is 5.83. The van der Waals surface area contributed by atoms with E-state index >= 15 is 0 Å². The molecule has 2 aromatic rings. The first-order valence-corrected chi connectivity index (χ1v) is 5.56. The normalized spacial score (nSPS) is 10.3. The van der Waals surface area contributed by atoms with Gasteiger partial charge in [-0.25, -0.2) is 4.98 Å². The summed E-state index contributed by atoms with van der Waals surface area (Å²) in [5, 5.41) is 2.01. The Morgan fingerprint density at radius 2 is 2.07 bits per heavy atom. The van der Waals surface area contributed by atoms with E-state index in [2.05, 4.69) is 4.98 Å². The highest BCUT2D eigenvalue weighted by Crippen LogP contribution is 2.31. The number of halogens is 2. The lowest BCUT2D eigenvalue weighted by Crippen LogP contribution is -1.82. The molecule has 1 aromatic heterocycles. The van der Waals surface area contributed by atoms with Crippen LogP contribution >= 0.6 is 34.5 Å². The molecule has 0 fully saturated rings. The van der Waals surface area contributed by atoms with Crippen LogP contribution in [0.1, 0.15) is 0 Å². The molecule has 1 heterocycles. The lowest BCUT2D eigenvalue weighted by molar-refractivity contribution is 0.479. The standard InChI is InChI=1S/C9H6Cl2N2OS/c10-6-2-1-5(3-7(6)11)14-9-13-4-8(12)15-9/h1-4H,12H2. The van der Waals surface area contributed by atoms with Gasteiger partial charge in [0.1, 0.15) is 10.8 Å². The molecule has 0 aliphatic rings. The average molecular weight is 261 g/mol. The number of anilines is 1. The van der Waals surface area contributed by atoms with Gasteiger partial charge in [0.15, 0.2) is 0 Å². The number of ether oxygens (including phenoxy) is 1. The molecule has 0 atom stereocenters. The first-order chi connectivity index (χ1) is 7.15. The highest BCUT2D eigenvalue weighted by molar-refractivity contribution is 7.17. The van der Waals surface area contributed by atoms with Gasteiger partial charge in [0, 0.05) is 6.07 Å². The minimum atomic E-state index is 0.443. The third-order valence-electron chi connectivity index (χ3n) is 1.60. The maximum atomic E-state index is 5.83. The zero-order valence-electron chi connectivity index (χ0n) is 7.41. The number of hydrogen-bond donors (Lipinski definition) is 1. The van der Waals surface area contributed by atoms with Gasteiger partial charge in [-0.05, 0) is 12.1 Å². The molecule has 0 aliphatic carbocycles. The fourth-order valence-corrected chi connectivity index (χ4v) is 1.80. The molecule has 0 spiro atoms. The summed E-state index contributed by atoms with van der Waals surface area (Å²) >= 11 is 12.9. The van der Waals surface area contributed by atoms with Crippen LogP contribution in [0.25, 0.3) is 0 Å². The van der Waals surface area contributed by atoms with Crippen LogP contribution in [0.2, 0.25) is 10.0 Å². The topological polar surface area (TPSA) is 48.1 Å². The Kier molecular flexibility index (Phi) is 3.00. The molecular weight excluding hydrogens is 255 g/mol. The Hall–Kier alpha value is -0.970. The average Bonchev–Trinajstić information content (AvgIpc) is 2.58. The lowest BCUT2D eigenvalue weighted by Gasteiger charge is -2.02. The molecule has 3 nitrogen and oxygen atoms in total. The fourth-order valence-electron chi connectivity index (χ4n) is 0.958. The van der Waals surface area contributed by atoms with Crippen molar-refractivity contribution in [3.63, 3.8) is 0 Å². The molecule has 0 saturated heterocycles. The highest BCUT2D eigenvalue weighted by atomic mass is 35.5. The summed E-state index contributed by atoms with van der Waals surface area (Å²) in [5.41, 5.74) is 5.52. The van der Waals surface area contributed by atoms with E-state index in [-0.39, 0.29) is 0 Å². The van der Waals surface area contributed by atoms with Gasteiger partial charge >= 0.3 is 0 Å². The molecule has 1 aromatic carbocycles. The number of thiazole rings is 1. The minimum absolute atomic E-state index is 0.443. The second kappa shape index (κ2) is 4.26. The van der Waals surface area contributed by atoms with Gasteiger partial charge in [0.25, 0.3) is 5.19 Å². The van der Waals surface area contributed by atoms with Gasteiger partial charge in [0.05, 0.1) is 16.2 Å². The minimum Gasteiger partial charge on any atom is -0.431 e. The van der Waals surface area contributed by atoms with Crippen molar-refractivity contribution in [2.45, 2.75) is 0 Å². The molecule has 2 N–H and O–H groups in total. The summed E-state index contributed by atoms with van der Waals surface area (Å²) in [6.45, 7) is 0. The number of nitrogens with two attached hydrogens (primary N) is 1. The molecule has 78 valence electrons. The van der Waals surface area contributed by atoms with Crippen LogP contribution in [0.3, 0.4) is 0 Å². The molecule has 0 unspecified atom stereocenters. The third-order valence-corrected chi connectivity index (χ3v) is 3.04. The first kappa shape index (κ1) is 10.5. The van der Waals surface area contributed by atoms with Crippen molar-refractivity contribution in [3.8, 4) is 10.9 Å². The third kappa shape index (κ3) is 2.53. The van der Waals surface area contributed by atoms with Crippen LogP contribution in [-0.2, 0) is 0 Å². The van der Waals surface area contributed by atoms with Gasteiger partial charge in [-0.15, -0.1) is 0 Å². The van der Waals surface area contributed by atoms with Crippen LogP contribution in [-0.4, -0.2) is 4.98 Å². The van der Waals surface area contributed by atoms with Crippen LogP contribution in [0, 0.1) is 0 Å². The molecule has 15 heavy (non-hydrogen) atoms. The Labute approximate surface area is 100 Å². The molecule has 2 rings (SSSR count). The van der Waals surface area contributed by atoms with E-state index in [1.807, 2.05) is 0 Å². The van der Waals surface area contributed by atoms with Crippen molar-refractivity contribution in [2.24, 2.45) is 0 Å². The SMILES string of the molecule is Nc1cnc(Oc2ccc(Cl)c(Cl)c2)s1. The zero-order chi connectivity index (χ0) is 10.8. The number of aromatic nitrogens is 1. The van der Waals surface area contributed by atoms with Gasteiger partial charge in [-0.3, -0.25) is 0 Å². The first-order valence-electron chi connectivity index (χ1n) is 3.99. The van der Waals surface area contributed by atoms with E-state index in [1.54, 1.807) is 18.2 Å². The second-order valence-electron chi connectivity index (χ2n) is 2.71. The number of hydrogen-bond acceptors (Lipinski definition) is 4. The molecule has 0 bridgehead atoms. The number of rotatable bonds is 2. The summed E-state index contributed by atoms with van der Waals surface area (Å²) in [5.74, 6) is 0.582. The summed E-state index contributed by atoms with van der Waals surface area (Å²) in [7, 11) is 0. The Bertz CT molecular complexity index is 487. The van der Waals surface area contributed by atoms with Crippen molar-refractivity contribution in [2.75, 3.05) is 5.73 Å². The maximum Gasteiger partial charge on any atom is 0.280 e. The smallest absolute Gasteiger partial charge is 0.280 e. The van der Waals surface area contributed by atoms with Crippen molar-refractivity contribution in [3.05, 3.63) is 34.4 Å². The van der Waals surface area contributed by atoms with E-state index in [0.29, 0.717) is 26.0 Å². The van der Waals surface area contributed by atoms with Crippen LogP contribution < -0.4 is 10.5 Å². The van der Waals surface area contributed by atoms with E-state index in [4.69, 9.17) is 33.7 Å². The van der Waals surface area contributed by atoms with Crippen molar-refractivity contribution in [1.82, 2.24) is 4.98 Å². The van der Waals surface area contributed by atoms with Crippen LogP contribution in [0.15, 0.2) is 24.4 Å². The zero-order valence-corrected chi connectivity index (χ0v) is 9.73. The van der Waals surface area contributed by atoms with Crippen molar-refractivity contribution < 1.29 is 4.74 Å². The fraction of sp³-hybridized carbons (Fsp3) is 0. The lowest BCUT2D eigenvalue weighted by atomic mass is 10.3. The predicted molar refractivity (Wildman–Crippen MR) is 63.1 cm³/mol. The van der Waals surface area contributed by atoms with Gasteiger partial charge in [-0.2, -0.15) is 0 Å². The molecule has 0 amide bonds.